The van der Waals surface area contributed by atoms with Crippen LogP contribution in [0.3, 0.4) is 0 Å². The van der Waals surface area contributed by atoms with Crippen LogP contribution < -0.4 is 0 Å². The molecule has 0 spiro atoms. The summed E-state index contributed by atoms with van der Waals surface area (Å²) in [7, 11) is 1.86. The molecular weight excluding hydrogens is 188 g/mol. The lowest BCUT2D eigenvalue weighted by atomic mass is 10.2. The van der Waals surface area contributed by atoms with Crippen LogP contribution in [-0.2, 0) is 11.3 Å². The number of pyridine rings is 1. The minimum absolute atomic E-state index is 0.270. The minimum atomic E-state index is 0.270. The number of carbonyl (C=O) groups is 1. The Morgan fingerprint density at radius 1 is 1.67 bits per heavy atom. The first-order valence-corrected chi connectivity index (χ1v) is 5.32. The largest absolute Gasteiger partial charge is 0.341 e. The molecule has 1 heterocycles. The number of hydrogen-bond acceptors (Lipinski definition) is 2. The highest BCUT2D eigenvalue weighted by Gasteiger charge is 2.40. The highest BCUT2D eigenvalue weighted by Crippen LogP contribution is 2.39. The van der Waals surface area contributed by atoms with Gasteiger partial charge in [0.05, 0.1) is 0 Å². The lowest BCUT2D eigenvalue weighted by molar-refractivity contribution is -0.132. The van der Waals surface area contributed by atoms with Crippen molar-refractivity contribution in [3.05, 3.63) is 30.1 Å². The van der Waals surface area contributed by atoms with Crippen molar-refractivity contribution in [2.45, 2.75) is 19.9 Å². The number of amides is 1. The second kappa shape index (κ2) is 4.01. The number of hydrogen-bond donors (Lipinski definition) is 0. The fourth-order valence-corrected chi connectivity index (χ4v) is 1.79. The van der Waals surface area contributed by atoms with Crippen LogP contribution in [0, 0.1) is 11.8 Å². The van der Waals surface area contributed by atoms with Gasteiger partial charge in [-0.25, -0.2) is 0 Å². The standard InChI is InChI=1S/C12H16N2O/c1-9-6-11(9)12(15)14(2)8-10-4-3-5-13-7-10/h3-5,7,9,11H,6,8H2,1-2H3. The molecule has 1 saturated carbocycles. The Morgan fingerprint density at radius 3 is 2.93 bits per heavy atom. The van der Waals surface area contributed by atoms with Crippen LogP contribution in [0.4, 0.5) is 0 Å². The zero-order valence-corrected chi connectivity index (χ0v) is 9.18. The SMILES string of the molecule is CC1CC1C(=O)N(C)Cc1cccnc1. The molecule has 1 aromatic heterocycles. The van der Waals surface area contributed by atoms with E-state index >= 15 is 0 Å². The van der Waals surface area contributed by atoms with E-state index in [1.165, 1.54) is 0 Å². The van der Waals surface area contributed by atoms with Crippen LogP contribution in [0.5, 0.6) is 0 Å². The monoisotopic (exact) mass is 204 g/mol. The van der Waals surface area contributed by atoms with Gasteiger partial charge in [-0.2, -0.15) is 0 Å². The third-order valence-electron chi connectivity index (χ3n) is 2.95. The first kappa shape index (κ1) is 10.1. The normalized spacial score (nSPS) is 23.6. The molecule has 0 bridgehead atoms. The van der Waals surface area contributed by atoms with Gasteiger partial charge in [0, 0.05) is 31.9 Å². The van der Waals surface area contributed by atoms with Crippen molar-refractivity contribution in [1.82, 2.24) is 9.88 Å². The maximum atomic E-state index is 11.8. The molecule has 15 heavy (non-hydrogen) atoms. The first-order valence-electron chi connectivity index (χ1n) is 5.32. The molecule has 0 radical (unpaired) electrons. The molecular formula is C12H16N2O. The van der Waals surface area contributed by atoms with E-state index in [1.54, 1.807) is 17.3 Å². The Hall–Kier alpha value is -1.38. The Balaban J connectivity index is 1.92. The molecule has 3 heteroatoms. The summed E-state index contributed by atoms with van der Waals surface area (Å²) in [6.45, 7) is 2.79. The third-order valence-corrected chi connectivity index (χ3v) is 2.95. The molecule has 80 valence electrons. The van der Waals surface area contributed by atoms with Crippen molar-refractivity contribution < 1.29 is 4.79 Å². The average Bonchev–Trinajstić information content (AvgIpc) is 2.96. The van der Waals surface area contributed by atoms with Gasteiger partial charge in [-0.3, -0.25) is 9.78 Å². The summed E-state index contributed by atoms with van der Waals surface area (Å²) in [6.07, 6.45) is 4.60. The molecule has 0 saturated heterocycles. The highest BCUT2D eigenvalue weighted by molar-refractivity contribution is 5.81. The van der Waals surface area contributed by atoms with Crippen LogP contribution in [0.2, 0.25) is 0 Å². The summed E-state index contributed by atoms with van der Waals surface area (Å²) in [4.78, 5) is 17.7. The summed E-state index contributed by atoms with van der Waals surface area (Å²) in [5.41, 5.74) is 1.08. The van der Waals surface area contributed by atoms with Gasteiger partial charge < -0.3 is 4.90 Å². The second-order valence-electron chi connectivity index (χ2n) is 4.38. The maximum absolute atomic E-state index is 11.8. The van der Waals surface area contributed by atoms with E-state index in [0.717, 1.165) is 12.0 Å². The lowest BCUT2D eigenvalue weighted by Gasteiger charge is -2.16. The van der Waals surface area contributed by atoms with Gasteiger partial charge in [0.25, 0.3) is 0 Å². The van der Waals surface area contributed by atoms with Gasteiger partial charge >= 0.3 is 0 Å². The van der Waals surface area contributed by atoms with Gasteiger partial charge in [0.15, 0.2) is 0 Å². The Bertz CT molecular complexity index is 350. The molecule has 1 aromatic rings. The van der Waals surface area contributed by atoms with Gasteiger partial charge in [-0.15, -0.1) is 0 Å². The van der Waals surface area contributed by atoms with Crippen molar-refractivity contribution >= 4 is 5.91 Å². The predicted molar refractivity (Wildman–Crippen MR) is 58.0 cm³/mol. The minimum Gasteiger partial charge on any atom is -0.341 e. The van der Waals surface area contributed by atoms with Crippen molar-refractivity contribution in [3.63, 3.8) is 0 Å². The third kappa shape index (κ3) is 2.35. The molecule has 1 amide bonds. The fraction of sp³-hybridized carbons (Fsp3) is 0.500. The number of carbonyl (C=O) groups excluding carboxylic acids is 1. The topological polar surface area (TPSA) is 33.2 Å². The number of nitrogens with zero attached hydrogens (tertiary/aromatic N) is 2. The molecule has 3 nitrogen and oxygen atoms in total. The summed E-state index contributed by atoms with van der Waals surface area (Å²) >= 11 is 0. The maximum Gasteiger partial charge on any atom is 0.226 e. The zero-order valence-electron chi connectivity index (χ0n) is 9.18. The summed E-state index contributed by atoms with van der Waals surface area (Å²) in [6, 6.07) is 3.89. The van der Waals surface area contributed by atoms with Gasteiger partial charge in [0.1, 0.15) is 0 Å². The molecule has 2 rings (SSSR count). The molecule has 2 unspecified atom stereocenters. The second-order valence-corrected chi connectivity index (χ2v) is 4.38. The average molecular weight is 204 g/mol. The van der Waals surface area contributed by atoms with E-state index in [9.17, 15) is 4.79 Å². The smallest absolute Gasteiger partial charge is 0.226 e. The van der Waals surface area contributed by atoms with Crippen LogP contribution in [0.1, 0.15) is 18.9 Å². The molecule has 0 aliphatic heterocycles. The van der Waals surface area contributed by atoms with Crippen LogP contribution in [-0.4, -0.2) is 22.8 Å². The van der Waals surface area contributed by atoms with E-state index in [2.05, 4.69) is 11.9 Å². The quantitative estimate of drug-likeness (QED) is 0.750. The number of aromatic nitrogens is 1. The highest BCUT2D eigenvalue weighted by atomic mass is 16.2. The van der Waals surface area contributed by atoms with Gasteiger partial charge in [-0.1, -0.05) is 13.0 Å². The molecule has 2 atom stereocenters. The van der Waals surface area contributed by atoms with Crippen molar-refractivity contribution in [1.29, 1.82) is 0 Å². The summed E-state index contributed by atoms with van der Waals surface area (Å²) in [5.74, 6) is 1.12. The predicted octanol–water partition coefficient (Wildman–Crippen LogP) is 1.70. The summed E-state index contributed by atoms with van der Waals surface area (Å²) in [5, 5.41) is 0. The number of rotatable bonds is 3. The first-order chi connectivity index (χ1) is 7.18. The molecule has 1 aliphatic carbocycles. The van der Waals surface area contributed by atoms with Crippen LogP contribution >= 0.6 is 0 Å². The van der Waals surface area contributed by atoms with Crippen molar-refractivity contribution in [3.8, 4) is 0 Å². The van der Waals surface area contributed by atoms with Gasteiger partial charge in [0.2, 0.25) is 5.91 Å². The Kier molecular flexibility index (Phi) is 2.71. The van der Waals surface area contributed by atoms with Crippen LogP contribution in [0.25, 0.3) is 0 Å². The van der Waals surface area contributed by atoms with E-state index in [0.29, 0.717) is 12.5 Å². The Morgan fingerprint density at radius 2 is 2.40 bits per heavy atom. The van der Waals surface area contributed by atoms with Crippen LogP contribution in [0.15, 0.2) is 24.5 Å². The lowest BCUT2D eigenvalue weighted by Crippen LogP contribution is -2.28. The Labute approximate surface area is 90.1 Å². The van der Waals surface area contributed by atoms with E-state index < -0.39 is 0 Å². The zero-order chi connectivity index (χ0) is 10.8. The van der Waals surface area contributed by atoms with Gasteiger partial charge in [-0.05, 0) is 24.0 Å². The van der Waals surface area contributed by atoms with E-state index in [1.807, 2.05) is 19.2 Å². The molecule has 0 aromatic carbocycles. The van der Waals surface area contributed by atoms with Crippen molar-refractivity contribution in [2.24, 2.45) is 11.8 Å². The molecule has 1 fully saturated rings. The molecule has 0 N–H and O–H groups in total. The summed E-state index contributed by atoms with van der Waals surface area (Å²) < 4.78 is 0. The fourth-order valence-electron chi connectivity index (χ4n) is 1.79. The van der Waals surface area contributed by atoms with E-state index in [-0.39, 0.29) is 11.8 Å². The van der Waals surface area contributed by atoms with Crippen molar-refractivity contribution in [2.75, 3.05) is 7.05 Å². The van der Waals surface area contributed by atoms with E-state index in [4.69, 9.17) is 0 Å². The molecule has 1 aliphatic rings.